The zero-order valence-electron chi connectivity index (χ0n) is 9.40. The lowest BCUT2D eigenvalue weighted by molar-refractivity contribution is 0.109. The lowest BCUT2D eigenvalue weighted by Crippen LogP contribution is -2.45. The molecule has 0 aromatic heterocycles. The second kappa shape index (κ2) is 4.64. The topological polar surface area (TPSA) is 43.7 Å². The molecule has 1 fully saturated rings. The summed E-state index contributed by atoms with van der Waals surface area (Å²) in [6.45, 7) is 7.38. The Morgan fingerprint density at radius 2 is 2.07 bits per heavy atom. The molecule has 4 heteroatoms. The summed E-state index contributed by atoms with van der Waals surface area (Å²) in [5.74, 6) is 0. The van der Waals surface area contributed by atoms with E-state index in [9.17, 15) is 5.11 Å². The summed E-state index contributed by atoms with van der Waals surface area (Å²) in [7, 11) is 1.88. The van der Waals surface area contributed by atoms with Gasteiger partial charge in [-0.2, -0.15) is 0 Å². The third-order valence-corrected chi connectivity index (χ3v) is 2.82. The van der Waals surface area contributed by atoms with Crippen LogP contribution in [0.3, 0.4) is 0 Å². The average molecular weight is 198 g/mol. The Labute approximate surface area is 87.4 Å². The van der Waals surface area contributed by atoms with Crippen molar-refractivity contribution in [3.63, 3.8) is 0 Å². The molecule has 14 heavy (non-hydrogen) atoms. The number of aliphatic hydroxyl groups excluding tert-OH is 2. The van der Waals surface area contributed by atoms with Crippen LogP contribution in [0.1, 0.15) is 27.2 Å². The number of hydrogen-bond acceptors (Lipinski definition) is 3. The number of likely N-dealkylation sites (tertiary alicyclic amines) is 1. The fraction of sp³-hybridized carbons (Fsp3) is 1.00. The average Bonchev–Trinajstić information content (AvgIpc) is 2.42. The highest BCUT2D eigenvalue weighted by Crippen LogP contribution is 2.28. The molecular weight excluding hydrogens is 177 g/mol. The van der Waals surface area contributed by atoms with Crippen molar-refractivity contribution in [3.8, 4) is 0 Å². The molecule has 0 saturated carbocycles. The number of nitrogens with zero attached hydrogens (tertiary/aromatic N) is 1. The van der Waals surface area contributed by atoms with Crippen LogP contribution in [0.5, 0.6) is 0 Å². The number of aliphatic hydroxyl groups is 2. The summed E-state index contributed by atoms with van der Waals surface area (Å²) in [5.41, 5.74) is 0.103. The van der Waals surface area contributed by atoms with Crippen LogP contribution in [0.25, 0.3) is 0 Å². The Bertz CT molecular complexity index is 181. The molecular formula is C10H21BNO2. The molecule has 2 unspecified atom stereocenters. The number of hydrogen-bond donors (Lipinski definition) is 2. The number of β-amino-alcohol motifs (C(OH)–C–C–N with tert-alkyl or cyclic N) is 1. The summed E-state index contributed by atoms with van der Waals surface area (Å²) < 4.78 is 0. The first kappa shape index (κ1) is 12.0. The molecule has 2 atom stereocenters. The fourth-order valence-electron chi connectivity index (χ4n) is 2.20. The Hall–Kier alpha value is -0.0551. The smallest absolute Gasteiger partial charge is 0.146 e. The van der Waals surface area contributed by atoms with Gasteiger partial charge in [-0.05, 0) is 27.2 Å². The van der Waals surface area contributed by atoms with Crippen molar-refractivity contribution in [2.45, 2.75) is 51.2 Å². The molecule has 0 aliphatic carbocycles. The lowest BCUT2D eigenvalue weighted by Gasteiger charge is -2.36. The Morgan fingerprint density at radius 3 is 2.57 bits per heavy atom. The van der Waals surface area contributed by atoms with Gasteiger partial charge in [0.15, 0.2) is 0 Å². The largest absolute Gasteiger partial charge is 0.405 e. The molecule has 1 rings (SSSR count). The van der Waals surface area contributed by atoms with Gasteiger partial charge in [-0.1, -0.05) is 6.32 Å². The van der Waals surface area contributed by atoms with Crippen LogP contribution >= 0.6 is 0 Å². The minimum absolute atomic E-state index is 0.103. The van der Waals surface area contributed by atoms with Gasteiger partial charge < -0.3 is 10.2 Å². The molecule has 1 radical (unpaired) electrons. The van der Waals surface area contributed by atoms with E-state index >= 15 is 0 Å². The molecule has 1 heterocycles. The van der Waals surface area contributed by atoms with Crippen molar-refractivity contribution in [2.75, 3.05) is 13.1 Å². The van der Waals surface area contributed by atoms with Gasteiger partial charge in [0, 0.05) is 24.6 Å². The van der Waals surface area contributed by atoms with E-state index in [0.717, 1.165) is 19.3 Å². The van der Waals surface area contributed by atoms with E-state index in [1.807, 2.05) is 7.28 Å². The standard InChI is InChI=1S/C10H21BNO2/c1-10(2,3)12-6-9(14)4-8(12)5-11-7-13/h8-9,13-14H,4-7H2,1-3H3. The molecule has 1 aliphatic heterocycles. The van der Waals surface area contributed by atoms with E-state index in [2.05, 4.69) is 25.7 Å². The second-order valence-electron chi connectivity index (χ2n) is 5.07. The highest BCUT2D eigenvalue weighted by atomic mass is 16.3. The molecule has 0 bridgehead atoms. The van der Waals surface area contributed by atoms with E-state index in [4.69, 9.17) is 5.11 Å². The molecule has 2 N–H and O–H groups in total. The van der Waals surface area contributed by atoms with Gasteiger partial charge in [-0.3, -0.25) is 4.90 Å². The first-order valence-electron chi connectivity index (χ1n) is 5.32. The minimum Gasteiger partial charge on any atom is -0.405 e. The van der Waals surface area contributed by atoms with Gasteiger partial charge in [0.1, 0.15) is 7.28 Å². The Morgan fingerprint density at radius 1 is 1.43 bits per heavy atom. The molecule has 0 aromatic carbocycles. The van der Waals surface area contributed by atoms with E-state index in [0.29, 0.717) is 6.04 Å². The molecule has 81 valence electrons. The van der Waals surface area contributed by atoms with Crippen molar-refractivity contribution in [1.82, 2.24) is 4.90 Å². The van der Waals surface area contributed by atoms with Gasteiger partial charge in [0.2, 0.25) is 0 Å². The quantitative estimate of drug-likeness (QED) is 0.640. The first-order chi connectivity index (χ1) is 6.45. The molecule has 1 aliphatic rings. The first-order valence-corrected chi connectivity index (χ1v) is 5.32. The molecule has 0 aromatic rings. The van der Waals surface area contributed by atoms with Gasteiger partial charge >= 0.3 is 0 Å². The highest BCUT2D eigenvalue weighted by Gasteiger charge is 2.36. The van der Waals surface area contributed by atoms with Crippen molar-refractivity contribution >= 4 is 7.28 Å². The maximum Gasteiger partial charge on any atom is 0.146 e. The van der Waals surface area contributed by atoms with E-state index < -0.39 is 0 Å². The second-order valence-corrected chi connectivity index (χ2v) is 5.07. The van der Waals surface area contributed by atoms with Crippen LogP contribution in [-0.4, -0.2) is 53.1 Å². The SMILES string of the molecule is CC(C)(C)N1CC(O)CC1C[B]CO. The molecule has 0 spiro atoms. The van der Waals surface area contributed by atoms with Gasteiger partial charge in [-0.15, -0.1) is 0 Å². The van der Waals surface area contributed by atoms with Gasteiger partial charge in [0.25, 0.3) is 0 Å². The van der Waals surface area contributed by atoms with Crippen LogP contribution in [0.15, 0.2) is 0 Å². The summed E-state index contributed by atoms with van der Waals surface area (Å²) in [6.07, 6.45) is 1.49. The van der Waals surface area contributed by atoms with Crippen molar-refractivity contribution in [1.29, 1.82) is 0 Å². The minimum atomic E-state index is -0.202. The lowest BCUT2D eigenvalue weighted by atomic mass is 9.72. The third kappa shape index (κ3) is 2.97. The predicted molar refractivity (Wildman–Crippen MR) is 58.5 cm³/mol. The Kier molecular flexibility index (Phi) is 3.99. The van der Waals surface area contributed by atoms with Gasteiger partial charge in [0.05, 0.1) is 6.10 Å². The molecule has 1 saturated heterocycles. The third-order valence-electron chi connectivity index (χ3n) is 2.82. The summed E-state index contributed by atoms with van der Waals surface area (Å²) in [6, 6.07) is 0.386. The number of rotatable bonds is 3. The highest BCUT2D eigenvalue weighted by molar-refractivity contribution is 6.35. The fourth-order valence-corrected chi connectivity index (χ4v) is 2.20. The predicted octanol–water partition coefficient (Wildman–Crippen LogP) is 0.292. The van der Waals surface area contributed by atoms with E-state index in [1.54, 1.807) is 0 Å². The maximum absolute atomic E-state index is 9.61. The van der Waals surface area contributed by atoms with Gasteiger partial charge in [-0.25, -0.2) is 0 Å². The zero-order chi connectivity index (χ0) is 10.8. The van der Waals surface area contributed by atoms with Crippen LogP contribution < -0.4 is 0 Å². The molecule has 3 nitrogen and oxygen atoms in total. The summed E-state index contributed by atoms with van der Waals surface area (Å²) in [4.78, 5) is 2.32. The monoisotopic (exact) mass is 198 g/mol. The van der Waals surface area contributed by atoms with Crippen LogP contribution in [0.2, 0.25) is 6.32 Å². The van der Waals surface area contributed by atoms with Crippen LogP contribution in [0.4, 0.5) is 0 Å². The van der Waals surface area contributed by atoms with Crippen molar-refractivity contribution in [2.24, 2.45) is 0 Å². The zero-order valence-corrected chi connectivity index (χ0v) is 9.40. The summed E-state index contributed by atoms with van der Waals surface area (Å²) >= 11 is 0. The summed E-state index contributed by atoms with van der Waals surface area (Å²) in [5, 5.41) is 18.4. The maximum atomic E-state index is 9.61. The van der Waals surface area contributed by atoms with Crippen molar-refractivity contribution in [3.05, 3.63) is 0 Å². The van der Waals surface area contributed by atoms with E-state index in [1.165, 1.54) is 0 Å². The molecule has 0 amide bonds. The Balaban J connectivity index is 2.54. The van der Waals surface area contributed by atoms with E-state index in [-0.39, 0.29) is 18.1 Å². The van der Waals surface area contributed by atoms with Crippen LogP contribution in [0, 0.1) is 0 Å². The van der Waals surface area contributed by atoms with Crippen LogP contribution in [-0.2, 0) is 0 Å². The normalized spacial score (nSPS) is 29.5. The van der Waals surface area contributed by atoms with Crippen molar-refractivity contribution < 1.29 is 10.2 Å².